The first-order valence-electron chi connectivity index (χ1n) is 8.21. The van der Waals surface area contributed by atoms with Crippen LogP contribution in [0.3, 0.4) is 0 Å². The number of aryl methyl sites for hydroxylation is 1. The Morgan fingerprint density at radius 1 is 1.30 bits per heavy atom. The van der Waals surface area contributed by atoms with Crippen molar-refractivity contribution < 1.29 is 17.9 Å². The van der Waals surface area contributed by atoms with E-state index in [0.717, 1.165) is 39.3 Å². The van der Waals surface area contributed by atoms with Crippen LogP contribution < -0.4 is 15.4 Å². The molecule has 27 heavy (non-hydrogen) atoms. The Balaban J connectivity index is 1.87. The minimum atomic E-state index is -4.40. The van der Waals surface area contributed by atoms with Crippen LogP contribution in [0.15, 0.2) is 16.6 Å². The zero-order chi connectivity index (χ0) is 20.0. The van der Waals surface area contributed by atoms with Crippen LogP contribution in [0.5, 0.6) is 5.75 Å². The Morgan fingerprint density at radius 2 is 2.04 bits per heavy atom. The van der Waals surface area contributed by atoms with E-state index in [0.29, 0.717) is 30.5 Å². The fraction of sp³-hybridized carbons (Fsp3) is 0.471. The van der Waals surface area contributed by atoms with Gasteiger partial charge < -0.3 is 15.4 Å². The molecule has 10 heteroatoms. The van der Waals surface area contributed by atoms with Crippen molar-refractivity contribution in [1.82, 2.24) is 20.6 Å². The van der Waals surface area contributed by atoms with Crippen molar-refractivity contribution in [3.05, 3.63) is 39.1 Å². The van der Waals surface area contributed by atoms with Crippen molar-refractivity contribution in [2.24, 2.45) is 4.99 Å². The average Bonchev–Trinajstić information content (AvgIpc) is 3.09. The number of ether oxygens (including phenoxy) is 1. The Labute approximate surface area is 159 Å². The molecule has 2 N–H and O–H groups in total. The summed E-state index contributed by atoms with van der Waals surface area (Å²) >= 11 is 0.998. The second-order valence-electron chi connectivity index (χ2n) is 5.77. The molecule has 0 aliphatic carbocycles. The Hall–Kier alpha value is -2.36. The number of methoxy groups -OCH3 is 1. The van der Waals surface area contributed by atoms with Gasteiger partial charge in [-0.15, -0.1) is 11.3 Å². The number of nitrogens with zero attached hydrogens (tertiary/aromatic N) is 3. The number of guanidine groups is 1. The third-order valence-corrected chi connectivity index (χ3v) is 4.78. The molecule has 0 spiro atoms. The summed E-state index contributed by atoms with van der Waals surface area (Å²) in [5, 5.41) is 7.65. The summed E-state index contributed by atoms with van der Waals surface area (Å²) in [4.78, 5) is 12.1. The normalized spacial score (nSPS) is 12.2. The van der Waals surface area contributed by atoms with Gasteiger partial charge in [-0.1, -0.05) is 0 Å². The molecule has 0 radical (unpaired) electrons. The zero-order valence-electron chi connectivity index (χ0n) is 15.6. The van der Waals surface area contributed by atoms with Gasteiger partial charge in [0.15, 0.2) is 11.7 Å². The molecule has 0 saturated carbocycles. The maximum atomic E-state index is 12.6. The maximum Gasteiger partial charge on any atom is 0.434 e. The van der Waals surface area contributed by atoms with Gasteiger partial charge in [-0.2, -0.15) is 13.2 Å². The molecule has 0 atom stereocenters. The third-order valence-electron chi connectivity index (χ3n) is 3.87. The second-order valence-corrected chi connectivity index (χ2v) is 6.72. The van der Waals surface area contributed by atoms with Crippen molar-refractivity contribution in [3.63, 3.8) is 0 Å². The van der Waals surface area contributed by atoms with Crippen molar-refractivity contribution >= 4 is 17.3 Å². The van der Waals surface area contributed by atoms with Crippen molar-refractivity contribution in [3.8, 4) is 5.75 Å². The van der Waals surface area contributed by atoms with Crippen LogP contribution in [0.4, 0.5) is 13.2 Å². The smallest absolute Gasteiger partial charge is 0.434 e. The minimum Gasteiger partial charge on any atom is -0.496 e. The molecule has 2 aromatic heterocycles. The number of alkyl halides is 3. The van der Waals surface area contributed by atoms with Gasteiger partial charge in [-0.25, -0.2) is 4.98 Å². The van der Waals surface area contributed by atoms with E-state index in [-0.39, 0.29) is 0 Å². The lowest BCUT2D eigenvalue weighted by molar-refractivity contribution is -0.140. The number of hydrogen-bond acceptors (Lipinski definition) is 5. The summed E-state index contributed by atoms with van der Waals surface area (Å²) in [5.41, 5.74) is 1.89. The molecule has 0 fully saturated rings. The molecular weight excluding hydrogens is 379 g/mol. The maximum absolute atomic E-state index is 12.6. The van der Waals surface area contributed by atoms with E-state index in [9.17, 15) is 13.2 Å². The first kappa shape index (κ1) is 20.9. The fourth-order valence-corrected chi connectivity index (χ4v) is 3.29. The number of aliphatic imine (C=N–C) groups is 1. The van der Waals surface area contributed by atoms with Crippen LogP contribution in [0.1, 0.15) is 27.5 Å². The van der Waals surface area contributed by atoms with E-state index in [1.165, 1.54) is 0 Å². The highest BCUT2D eigenvalue weighted by Gasteiger charge is 2.33. The monoisotopic (exact) mass is 401 g/mol. The summed E-state index contributed by atoms with van der Waals surface area (Å²) in [5.74, 6) is 1.33. The minimum absolute atomic E-state index is 0.372. The van der Waals surface area contributed by atoms with E-state index in [2.05, 4.69) is 25.6 Å². The Kier molecular flexibility index (Phi) is 7.00. The molecule has 0 aliphatic rings. The molecule has 0 amide bonds. The molecule has 0 bridgehead atoms. The SMILES string of the molecule is CN=C(NCCc1nc(C(F)(F)F)cs1)NCc1ncc(C)c(OC)c1C. The van der Waals surface area contributed by atoms with Gasteiger partial charge in [0.1, 0.15) is 5.75 Å². The molecule has 0 unspecified atom stereocenters. The number of thiazole rings is 1. The number of hydrogen-bond donors (Lipinski definition) is 2. The Bertz CT molecular complexity index is 804. The highest BCUT2D eigenvalue weighted by atomic mass is 32.1. The van der Waals surface area contributed by atoms with E-state index in [4.69, 9.17) is 4.74 Å². The molecule has 0 saturated heterocycles. The number of pyridine rings is 1. The number of rotatable bonds is 6. The first-order valence-corrected chi connectivity index (χ1v) is 9.09. The number of nitrogens with one attached hydrogen (secondary N) is 2. The number of aromatic nitrogens is 2. The van der Waals surface area contributed by atoms with Gasteiger partial charge in [-0.3, -0.25) is 9.98 Å². The van der Waals surface area contributed by atoms with Crippen molar-refractivity contribution in [2.45, 2.75) is 33.0 Å². The Morgan fingerprint density at radius 3 is 2.63 bits per heavy atom. The van der Waals surface area contributed by atoms with E-state index >= 15 is 0 Å². The first-order chi connectivity index (χ1) is 12.8. The molecule has 2 aromatic rings. The van der Waals surface area contributed by atoms with Gasteiger partial charge >= 0.3 is 6.18 Å². The average molecular weight is 401 g/mol. The van der Waals surface area contributed by atoms with Crippen LogP contribution in [0, 0.1) is 13.8 Å². The van der Waals surface area contributed by atoms with Crippen LogP contribution >= 0.6 is 11.3 Å². The standard InChI is InChI=1S/C17H22F3N5OS/c1-10-7-23-12(11(2)15(10)26-4)8-24-16(21-3)22-6-5-14-25-13(9-27-14)17(18,19)20/h7,9H,5-6,8H2,1-4H3,(H2,21,22,24). The van der Waals surface area contributed by atoms with Gasteiger partial charge in [-0.05, 0) is 13.8 Å². The molecule has 2 rings (SSSR count). The third kappa shape index (κ3) is 5.56. The van der Waals surface area contributed by atoms with Crippen molar-refractivity contribution in [1.29, 1.82) is 0 Å². The topological polar surface area (TPSA) is 71.4 Å². The lowest BCUT2D eigenvalue weighted by atomic mass is 10.1. The second kappa shape index (κ2) is 9.03. The lowest BCUT2D eigenvalue weighted by Crippen LogP contribution is -2.38. The van der Waals surface area contributed by atoms with E-state index in [1.54, 1.807) is 20.4 Å². The highest BCUT2D eigenvalue weighted by molar-refractivity contribution is 7.09. The summed E-state index contributed by atoms with van der Waals surface area (Å²) in [6.07, 6.45) is -2.28. The van der Waals surface area contributed by atoms with Gasteiger partial charge in [0.05, 0.1) is 24.4 Å². The molecule has 6 nitrogen and oxygen atoms in total. The molecule has 148 valence electrons. The van der Waals surface area contributed by atoms with Gasteiger partial charge in [0, 0.05) is 42.7 Å². The largest absolute Gasteiger partial charge is 0.496 e. The lowest BCUT2D eigenvalue weighted by Gasteiger charge is -2.15. The molecule has 0 aromatic carbocycles. The van der Waals surface area contributed by atoms with Gasteiger partial charge in [0.25, 0.3) is 0 Å². The van der Waals surface area contributed by atoms with Crippen molar-refractivity contribution in [2.75, 3.05) is 20.7 Å². The summed E-state index contributed by atoms with van der Waals surface area (Å²) in [7, 11) is 3.24. The summed E-state index contributed by atoms with van der Waals surface area (Å²) in [6.45, 7) is 4.72. The zero-order valence-corrected chi connectivity index (χ0v) is 16.4. The van der Waals surface area contributed by atoms with E-state index < -0.39 is 11.9 Å². The van der Waals surface area contributed by atoms with Crippen LogP contribution in [-0.2, 0) is 19.1 Å². The predicted octanol–water partition coefficient (Wildman–Crippen LogP) is 3.09. The molecule has 2 heterocycles. The van der Waals surface area contributed by atoms with Crippen LogP contribution in [-0.4, -0.2) is 36.6 Å². The molecule has 0 aliphatic heterocycles. The summed E-state index contributed by atoms with van der Waals surface area (Å²) in [6, 6.07) is 0. The van der Waals surface area contributed by atoms with Crippen LogP contribution in [0.25, 0.3) is 0 Å². The van der Waals surface area contributed by atoms with Gasteiger partial charge in [0.2, 0.25) is 0 Å². The predicted molar refractivity (Wildman–Crippen MR) is 99.3 cm³/mol. The summed E-state index contributed by atoms with van der Waals surface area (Å²) < 4.78 is 43.1. The van der Waals surface area contributed by atoms with Crippen LogP contribution in [0.2, 0.25) is 0 Å². The fourth-order valence-electron chi connectivity index (χ4n) is 2.48. The molecular formula is C17H22F3N5OS. The highest BCUT2D eigenvalue weighted by Crippen LogP contribution is 2.30. The quantitative estimate of drug-likeness (QED) is 0.575. The van der Waals surface area contributed by atoms with E-state index in [1.807, 2.05) is 13.8 Å². The number of halogens is 3.